The lowest BCUT2D eigenvalue weighted by molar-refractivity contribution is 0.0686. The first-order chi connectivity index (χ1) is 7.25. The minimum Gasteiger partial charge on any atom is -0.477 e. The van der Waals surface area contributed by atoms with E-state index in [1.54, 1.807) is 13.8 Å². The minimum atomic E-state index is -3.26. The second-order valence-corrected chi connectivity index (χ2v) is 6.34. The third kappa shape index (κ3) is 2.41. The van der Waals surface area contributed by atoms with Crippen LogP contribution in [0.15, 0.2) is 6.20 Å². The van der Waals surface area contributed by atoms with Gasteiger partial charge >= 0.3 is 5.97 Å². The number of carboxylic acid groups (broad SMARTS) is 1. The molecule has 0 amide bonds. The Labute approximate surface area is 93.8 Å². The Kier molecular flexibility index (Phi) is 3.37. The zero-order valence-corrected chi connectivity index (χ0v) is 10.2. The molecule has 0 saturated heterocycles. The van der Waals surface area contributed by atoms with Crippen LogP contribution in [0, 0.1) is 0 Å². The van der Waals surface area contributed by atoms with Crippen molar-refractivity contribution >= 4 is 15.8 Å². The fourth-order valence-corrected chi connectivity index (χ4v) is 2.09. The van der Waals surface area contributed by atoms with Gasteiger partial charge in [-0.25, -0.2) is 18.2 Å². The molecule has 0 bridgehead atoms. The summed E-state index contributed by atoms with van der Waals surface area (Å²) < 4.78 is 24.5. The van der Waals surface area contributed by atoms with E-state index < -0.39 is 21.1 Å². The molecule has 90 valence electrons. The average molecular weight is 246 g/mol. The van der Waals surface area contributed by atoms with Crippen molar-refractivity contribution in [3.63, 3.8) is 0 Å². The van der Waals surface area contributed by atoms with Crippen LogP contribution in [0.2, 0.25) is 0 Å². The first-order valence-corrected chi connectivity index (χ1v) is 6.42. The number of hydrogen-bond donors (Lipinski definition) is 1. The molecule has 0 fully saturated rings. The van der Waals surface area contributed by atoms with Crippen molar-refractivity contribution < 1.29 is 18.3 Å². The second kappa shape index (κ2) is 4.25. The Morgan fingerprint density at radius 1 is 1.56 bits per heavy atom. The van der Waals surface area contributed by atoms with Crippen molar-refractivity contribution in [2.75, 3.05) is 0 Å². The zero-order valence-electron chi connectivity index (χ0n) is 9.34. The van der Waals surface area contributed by atoms with Gasteiger partial charge in [-0.1, -0.05) is 0 Å². The van der Waals surface area contributed by atoms with Crippen LogP contribution in [-0.2, 0) is 22.6 Å². The van der Waals surface area contributed by atoms with Crippen molar-refractivity contribution in [1.29, 1.82) is 0 Å². The Morgan fingerprint density at radius 2 is 2.12 bits per heavy atom. The van der Waals surface area contributed by atoms with Gasteiger partial charge in [-0.05, 0) is 13.8 Å². The van der Waals surface area contributed by atoms with Gasteiger partial charge in [-0.15, -0.1) is 0 Å². The number of nitrogens with zero attached hydrogens (tertiary/aromatic N) is 2. The minimum absolute atomic E-state index is 0.0195. The summed E-state index contributed by atoms with van der Waals surface area (Å²) in [6.45, 7) is 3.16. The number of imidazole rings is 1. The largest absolute Gasteiger partial charge is 0.477 e. The van der Waals surface area contributed by atoms with Gasteiger partial charge in [0, 0.05) is 7.05 Å². The summed E-state index contributed by atoms with van der Waals surface area (Å²) in [4.78, 5) is 14.5. The highest BCUT2D eigenvalue weighted by Gasteiger charge is 2.21. The van der Waals surface area contributed by atoms with Gasteiger partial charge in [-0.3, -0.25) is 0 Å². The molecule has 16 heavy (non-hydrogen) atoms. The molecule has 0 aliphatic carbocycles. The van der Waals surface area contributed by atoms with E-state index >= 15 is 0 Å². The van der Waals surface area contributed by atoms with Crippen LogP contribution < -0.4 is 0 Å². The normalized spacial score (nSPS) is 12.0. The topological polar surface area (TPSA) is 89.3 Å². The summed E-state index contributed by atoms with van der Waals surface area (Å²) in [5.41, 5.74) is -0.0195. The number of carbonyl (C=O) groups is 1. The quantitative estimate of drug-likeness (QED) is 0.832. The lowest BCUT2D eigenvalue weighted by Gasteiger charge is -2.07. The maximum atomic E-state index is 11.6. The SMILES string of the molecule is CC(C)S(=O)(=O)Cc1ncc(C(=O)O)n1C. The van der Waals surface area contributed by atoms with Gasteiger partial charge < -0.3 is 9.67 Å². The average Bonchev–Trinajstić information content (AvgIpc) is 2.47. The van der Waals surface area contributed by atoms with Crippen LogP contribution >= 0.6 is 0 Å². The molecule has 0 unspecified atom stereocenters. The standard InChI is InChI=1S/C9H14N2O4S/c1-6(2)16(14,15)5-8-10-4-7(9(12)13)11(8)3/h4,6H,5H2,1-3H3,(H,12,13). The maximum Gasteiger partial charge on any atom is 0.354 e. The van der Waals surface area contributed by atoms with E-state index in [1.807, 2.05) is 0 Å². The Hall–Kier alpha value is -1.37. The van der Waals surface area contributed by atoms with E-state index in [0.29, 0.717) is 0 Å². The van der Waals surface area contributed by atoms with E-state index in [-0.39, 0.29) is 17.3 Å². The summed E-state index contributed by atoms with van der Waals surface area (Å²) in [6.07, 6.45) is 1.16. The van der Waals surface area contributed by atoms with Crippen LogP contribution in [-0.4, -0.2) is 34.3 Å². The summed E-state index contributed by atoms with van der Waals surface area (Å²) in [7, 11) is -1.77. The number of carboxylic acids is 1. The first-order valence-electron chi connectivity index (χ1n) is 4.71. The lowest BCUT2D eigenvalue weighted by atomic mass is 10.5. The summed E-state index contributed by atoms with van der Waals surface area (Å²) in [6, 6.07) is 0. The molecule has 1 N–H and O–H groups in total. The van der Waals surface area contributed by atoms with Crippen LogP contribution in [0.5, 0.6) is 0 Å². The Bertz CT molecular complexity index is 502. The second-order valence-electron chi connectivity index (χ2n) is 3.78. The molecule has 1 aromatic heterocycles. The van der Waals surface area contributed by atoms with Gasteiger partial charge in [0.25, 0.3) is 0 Å². The van der Waals surface area contributed by atoms with E-state index in [2.05, 4.69) is 4.98 Å². The molecule has 1 rings (SSSR count). The summed E-state index contributed by atoms with van der Waals surface area (Å²) in [5, 5.41) is 8.27. The van der Waals surface area contributed by atoms with Crippen molar-refractivity contribution in [2.24, 2.45) is 7.05 Å². The summed E-state index contributed by atoms with van der Waals surface area (Å²) >= 11 is 0. The summed E-state index contributed by atoms with van der Waals surface area (Å²) in [5.74, 6) is -1.12. The highest BCUT2D eigenvalue weighted by molar-refractivity contribution is 7.91. The van der Waals surface area contributed by atoms with Gasteiger partial charge in [-0.2, -0.15) is 0 Å². The third-order valence-corrected chi connectivity index (χ3v) is 4.45. The zero-order chi connectivity index (χ0) is 12.5. The number of rotatable bonds is 4. The Morgan fingerprint density at radius 3 is 2.50 bits per heavy atom. The fraction of sp³-hybridized carbons (Fsp3) is 0.556. The van der Waals surface area contributed by atoms with Gasteiger partial charge in [0.2, 0.25) is 0 Å². The molecule has 0 saturated carbocycles. The highest BCUT2D eigenvalue weighted by Crippen LogP contribution is 2.11. The van der Waals surface area contributed by atoms with E-state index in [1.165, 1.54) is 11.6 Å². The molecule has 0 radical (unpaired) electrons. The molecule has 0 aromatic carbocycles. The first kappa shape index (κ1) is 12.7. The molecular formula is C9H14N2O4S. The lowest BCUT2D eigenvalue weighted by Crippen LogP contribution is -2.19. The fourth-order valence-electron chi connectivity index (χ4n) is 1.13. The smallest absolute Gasteiger partial charge is 0.354 e. The predicted octanol–water partition coefficient (Wildman–Crippen LogP) is 0.441. The van der Waals surface area contributed by atoms with Crippen molar-refractivity contribution in [1.82, 2.24) is 9.55 Å². The van der Waals surface area contributed by atoms with Crippen LogP contribution in [0.25, 0.3) is 0 Å². The molecule has 0 aliphatic heterocycles. The molecule has 1 aromatic rings. The molecule has 6 nitrogen and oxygen atoms in total. The molecule has 0 spiro atoms. The van der Waals surface area contributed by atoms with Gasteiger partial charge in [0.05, 0.1) is 11.4 Å². The molecule has 0 aliphatic rings. The Balaban J connectivity index is 3.05. The molecular weight excluding hydrogens is 232 g/mol. The van der Waals surface area contributed by atoms with Crippen molar-refractivity contribution in [3.05, 3.63) is 17.7 Å². The molecule has 0 atom stereocenters. The van der Waals surface area contributed by atoms with Gasteiger partial charge in [0.15, 0.2) is 9.84 Å². The highest BCUT2D eigenvalue weighted by atomic mass is 32.2. The molecule has 1 heterocycles. The van der Waals surface area contributed by atoms with Crippen LogP contribution in [0.3, 0.4) is 0 Å². The van der Waals surface area contributed by atoms with Crippen LogP contribution in [0.4, 0.5) is 0 Å². The van der Waals surface area contributed by atoms with E-state index in [0.717, 1.165) is 6.20 Å². The number of hydrogen-bond acceptors (Lipinski definition) is 4. The van der Waals surface area contributed by atoms with Gasteiger partial charge in [0.1, 0.15) is 17.3 Å². The van der Waals surface area contributed by atoms with Crippen molar-refractivity contribution in [2.45, 2.75) is 24.9 Å². The monoisotopic (exact) mass is 246 g/mol. The predicted molar refractivity (Wildman–Crippen MR) is 57.9 cm³/mol. The number of aromatic nitrogens is 2. The number of sulfone groups is 1. The van der Waals surface area contributed by atoms with Crippen LogP contribution in [0.1, 0.15) is 30.2 Å². The maximum absolute atomic E-state index is 11.6. The molecule has 7 heteroatoms. The van der Waals surface area contributed by atoms with E-state index in [9.17, 15) is 13.2 Å². The third-order valence-electron chi connectivity index (χ3n) is 2.35. The number of aromatic carboxylic acids is 1. The van der Waals surface area contributed by atoms with E-state index in [4.69, 9.17) is 5.11 Å². The van der Waals surface area contributed by atoms with Crippen molar-refractivity contribution in [3.8, 4) is 0 Å².